The molecule has 3 unspecified atom stereocenters. The van der Waals surface area contributed by atoms with E-state index >= 15 is 0 Å². The highest BCUT2D eigenvalue weighted by Crippen LogP contribution is 2.30. The van der Waals surface area contributed by atoms with Crippen LogP contribution in [0.4, 0.5) is 0 Å². The molecule has 2 rings (SSSR count). The van der Waals surface area contributed by atoms with Gasteiger partial charge in [-0.3, -0.25) is 9.69 Å². The summed E-state index contributed by atoms with van der Waals surface area (Å²) in [6.07, 6.45) is 4.58. The Kier molecular flexibility index (Phi) is 9.99. The maximum Gasteiger partial charge on any atom is 0.237 e. The van der Waals surface area contributed by atoms with E-state index in [9.17, 15) is 4.79 Å². The highest BCUT2D eigenvalue weighted by molar-refractivity contribution is 5.85. The zero-order chi connectivity index (χ0) is 18.2. The molecule has 0 saturated carbocycles. The summed E-state index contributed by atoms with van der Waals surface area (Å²) in [7, 11) is 1.70. The fraction of sp³-hybridized carbons (Fsp3) is 0.650. The number of para-hydroxylation sites is 1. The number of piperidine rings is 1. The molecule has 3 atom stereocenters. The number of amides is 1. The Balaban J connectivity index is 0.00000338. The van der Waals surface area contributed by atoms with Crippen LogP contribution < -0.4 is 15.8 Å². The number of hydrogen-bond donors (Lipinski definition) is 2. The molecular formula is C20H34ClN3O2. The molecule has 0 aliphatic carbocycles. The molecule has 1 aliphatic rings. The maximum absolute atomic E-state index is 12.4. The largest absolute Gasteiger partial charge is 0.496 e. The van der Waals surface area contributed by atoms with Gasteiger partial charge in [0.15, 0.2) is 0 Å². The third kappa shape index (κ3) is 5.86. The number of nitrogens with zero attached hydrogens (tertiary/aromatic N) is 1. The Morgan fingerprint density at radius 1 is 1.27 bits per heavy atom. The van der Waals surface area contributed by atoms with Crippen molar-refractivity contribution < 1.29 is 9.53 Å². The summed E-state index contributed by atoms with van der Waals surface area (Å²) in [5, 5.41) is 3.08. The summed E-state index contributed by atoms with van der Waals surface area (Å²) in [6.45, 7) is 6.74. The zero-order valence-corrected chi connectivity index (χ0v) is 17.1. The minimum Gasteiger partial charge on any atom is -0.496 e. The first-order valence-corrected chi connectivity index (χ1v) is 9.48. The predicted octanol–water partition coefficient (Wildman–Crippen LogP) is 3.13. The van der Waals surface area contributed by atoms with E-state index in [2.05, 4.69) is 23.2 Å². The van der Waals surface area contributed by atoms with Crippen LogP contribution in [-0.2, 0) is 4.79 Å². The van der Waals surface area contributed by atoms with Gasteiger partial charge in [0.05, 0.1) is 19.2 Å². The number of carbonyl (C=O) groups is 1. The molecule has 0 spiro atoms. The monoisotopic (exact) mass is 383 g/mol. The summed E-state index contributed by atoms with van der Waals surface area (Å²) < 4.78 is 5.56. The number of carbonyl (C=O) groups excluding carboxylic acids is 1. The summed E-state index contributed by atoms with van der Waals surface area (Å²) in [5.41, 5.74) is 7.21. The smallest absolute Gasteiger partial charge is 0.237 e. The molecule has 1 amide bonds. The predicted molar refractivity (Wildman–Crippen MR) is 109 cm³/mol. The Morgan fingerprint density at radius 2 is 1.92 bits per heavy atom. The van der Waals surface area contributed by atoms with Gasteiger partial charge in [-0.2, -0.15) is 0 Å². The van der Waals surface area contributed by atoms with Gasteiger partial charge in [0.1, 0.15) is 5.75 Å². The van der Waals surface area contributed by atoms with Gasteiger partial charge in [-0.15, -0.1) is 12.4 Å². The number of benzene rings is 1. The van der Waals surface area contributed by atoms with Crippen molar-refractivity contribution in [3.05, 3.63) is 29.8 Å². The minimum absolute atomic E-state index is 0. The SMILES string of the molecule is CCC(C)C(N)C(=O)NCC(c1ccccc1OC)N1CCCCC1.Cl. The number of methoxy groups -OCH3 is 1. The second-order valence-electron chi connectivity index (χ2n) is 7.01. The Labute approximate surface area is 164 Å². The molecule has 0 bridgehead atoms. The molecular weight excluding hydrogens is 350 g/mol. The van der Waals surface area contributed by atoms with Crippen LogP contribution in [-0.4, -0.2) is 43.6 Å². The van der Waals surface area contributed by atoms with Gasteiger partial charge in [-0.05, 0) is 37.9 Å². The third-order valence-corrected chi connectivity index (χ3v) is 5.36. The van der Waals surface area contributed by atoms with Gasteiger partial charge in [-0.1, -0.05) is 44.9 Å². The fourth-order valence-corrected chi connectivity index (χ4v) is 3.43. The average Bonchev–Trinajstić information content (AvgIpc) is 2.67. The first kappa shape index (κ1) is 22.7. The number of ether oxygens (including phenoxy) is 1. The lowest BCUT2D eigenvalue weighted by Crippen LogP contribution is -2.48. The second-order valence-corrected chi connectivity index (χ2v) is 7.01. The lowest BCUT2D eigenvalue weighted by Gasteiger charge is -2.36. The number of nitrogens with one attached hydrogen (secondary N) is 1. The van der Waals surface area contributed by atoms with Crippen LogP contribution >= 0.6 is 12.4 Å². The molecule has 1 aromatic carbocycles. The van der Waals surface area contributed by atoms with Crippen LogP contribution in [0.2, 0.25) is 0 Å². The van der Waals surface area contributed by atoms with Crippen LogP contribution in [0.25, 0.3) is 0 Å². The van der Waals surface area contributed by atoms with Crippen LogP contribution in [0.5, 0.6) is 5.75 Å². The topological polar surface area (TPSA) is 67.6 Å². The summed E-state index contributed by atoms with van der Waals surface area (Å²) in [5.74, 6) is 0.990. The average molecular weight is 384 g/mol. The van der Waals surface area contributed by atoms with Crippen molar-refractivity contribution in [2.45, 2.75) is 51.6 Å². The molecule has 6 heteroatoms. The number of likely N-dealkylation sites (tertiary alicyclic amines) is 1. The summed E-state index contributed by atoms with van der Waals surface area (Å²) >= 11 is 0. The number of rotatable bonds is 8. The van der Waals surface area contributed by atoms with Gasteiger partial charge >= 0.3 is 0 Å². The second kappa shape index (κ2) is 11.4. The third-order valence-electron chi connectivity index (χ3n) is 5.36. The van der Waals surface area contributed by atoms with Crippen LogP contribution in [0.15, 0.2) is 24.3 Å². The summed E-state index contributed by atoms with van der Waals surface area (Å²) in [6, 6.07) is 7.75. The molecule has 1 saturated heterocycles. The van der Waals surface area contributed by atoms with E-state index in [0.29, 0.717) is 6.54 Å². The Hall–Kier alpha value is -1.30. The number of halogens is 1. The maximum atomic E-state index is 12.4. The first-order chi connectivity index (χ1) is 12.1. The normalized spacial score (nSPS) is 18.3. The molecule has 0 aromatic heterocycles. The molecule has 1 fully saturated rings. The van der Waals surface area contributed by atoms with E-state index in [1.165, 1.54) is 19.3 Å². The van der Waals surface area contributed by atoms with E-state index in [1.54, 1.807) is 7.11 Å². The van der Waals surface area contributed by atoms with Crippen LogP contribution in [0.3, 0.4) is 0 Å². The van der Waals surface area contributed by atoms with Gasteiger partial charge in [0.25, 0.3) is 0 Å². The number of hydrogen-bond acceptors (Lipinski definition) is 4. The van der Waals surface area contributed by atoms with E-state index < -0.39 is 6.04 Å². The van der Waals surface area contributed by atoms with E-state index in [4.69, 9.17) is 10.5 Å². The van der Waals surface area contributed by atoms with Crippen molar-refractivity contribution in [1.82, 2.24) is 10.2 Å². The van der Waals surface area contributed by atoms with E-state index in [1.807, 2.05) is 25.1 Å². The van der Waals surface area contributed by atoms with Crippen LogP contribution in [0, 0.1) is 5.92 Å². The standard InChI is InChI=1S/C20H33N3O2.ClH/c1-4-15(2)19(21)20(24)22-14-17(23-12-8-5-9-13-23)16-10-6-7-11-18(16)25-3;/h6-7,10-11,15,17,19H,4-5,8-9,12-14,21H2,1-3H3,(H,22,24);1H. The Morgan fingerprint density at radius 3 is 2.54 bits per heavy atom. The van der Waals surface area contributed by atoms with Crippen molar-refractivity contribution in [3.63, 3.8) is 0 Å². The fourth-order valence-electron chi connectivity index (χ4n) is 3.43. The van der Waals surface area contributed by atoms with Crippen molar-refractivity contribution in [2.75, 3.05) is 26.7 Å². The molecule has 3 N–H and O–H groups in total. The quantitative estimate of drug-likeness (QED) is 0.723. The lowest BCUT2D eigenvalue weighted by atomic mass is 9.98. The zero-order valence-electron chi connectivity index (χ0n) is 16.2. The molecule has 5 nitrogen and oxygen atoms in total. The summed E-state index contributed by atoms with van der Waals surface area (Å²) in [4.78, 5) is 14.9. The van der Waals surface area contributed by atoms with Gasteiger partial charge < -0.3 is 15.8 Å². The van der Waals surface area contributed by atoms with Crippen molar-refractivity contribution in [1.29, 1.82) is 0 Å². The first-order valence-electron chi connectivity index (χ1n) is 9.48. The molecule has 1 aromatic rings. The number of nitrogens with two attached hydrogens (primary N) is 1. The van der Waals surface area contributed by atoms with E-state index in [-0.39, 0.29) is 30.3 Å². The van der Waals surface area contributed by atoms with Crippen molar-refractivity contribution in [3.8, 4) is 5.75 Å². The molecule has 148 valence electrons. The highest BCUT2D eigenvalue weighted by Gasteiger charge is 2.27. The van der Waals surface area contributed by atoms with E-state index in [0.717, 1.165) is 30.8 Å². The van der Waals surface area contributed by atoms with Crippen LogP contribution in [0.1, 0.15) is 51.1 Å². The Bertz CT molecular complexity index is 550. The molecule has 0 radical (unpaired) electrons. The minimum atomic E-state index is -0.454. The van der Waals surface area contributed by atoms with Crippen molar-refractivity contribution in [2.24, 2.45) is 11.7 Å². The van der Waals surface area contributed by atoms with Gasteiger partial charge in [-0.25, -0.2) is 0 Å². The lowest BCUT2D eigenvalue weighted by molar-refractivity contribution is -0.123. The van der Waals surface area contributed by atoms with Gasteiger partial charge in [0.2, 0.25) is 5.91 Å². The molecule has 1 heterocycles. The molecule has 1 aliphatic heterocycles. The van der Waals surface area contributed by atoms with Gasteiger partial charge in [0, 0.05) is 12.1 Å². The van der Waals surface area contributed by atoms with Crippen molar-refractivity contribution >= 4 is 18.3 Å². The molecule has 26 heavy (non-hydrogen) atoms. The highest BCUT2D eigenvalue weighted by atomic mass is 35.5.